The SMILES string of the molecule is C=CCOC(=O)c1sc(NC(=O)c2ccncc2)c(C(=O)OCC)c1C. The number of rotatable bonds is 7. The zero-order chi connectivity index (χ0) is 19.1. The van der Waals surface area contributed by atoms with Crippen molar-refractivity contribution >= 4 is 34.2 Å². The molecule has 0 saturated heterocycles. The molecule has 136 valence electrons. The second kappa shape index (κ2) is 8.91. The number of esters is 2. The van der Waals surface area contributed by atoms with Crippen molar-refractivity contribution in [2.75, 3.05) is 18.5 Å². The minimum Gasteiger partial charge on any atom is -0.462 e. The molecule has 2 aromatic heterocycles. The van der Waals surface area contributed by atoms with E-state index in [-0.39, 0.29) is 28.7 Å². The first-order valence-electron chi connectivity index (χ1n) is 7.79. The number of aromatic nitrogens is 1. The van der Waals surface area contributed by atoms with E-state index in [0.717, 1.165) is 11.3 Å². The zero-order valence-electron chi connectivity index (χ0n) is 14.4. The van der Waals surface area contributed by atoms with Crippen LogP contribution in [0.1, 0.15) is 42.9 Å². The van der Waals surface area contributed by atoms with E-state index in [1.807, 2.05) is 0 Å². The molecule has 0 atom stereocenters. The van der Waals surface area contributed by atoms with Crippen LogP contribution in [-0.2, 0) is 9.47 Å². The molecule has 26 heavy (non-hydrogen) atoms. The highest BCUT2D eigenvalue weighted by Gasteiger charge is 2.27. The van der Waals surface area contributed by atoms with Gasteiger partial charge in [-0.25, -0.2) is 9.59 Å². The van der Waals surface area contributed by atoms with Crippen molar-refractivity contribution in [3.05, 3.63) is 58.7 Å². The third kappa shape index (κ3) is 4.34. The van der Waals surface area contributed by atoms with E-state index in [1.165, 1.54) is 18.5 Å². The highest BCUT2D eigenvalue weighted by atomic mass is 32.1. The Morgan fingerprint density at radius 3 is 2.54 bits per heavy atom. The van der Waals surface area contributed by atoms with E-state index in [9.17, 15) is 14.4 Å². The summed E-state index contributed by atoms with van der Waals surface area (Å²) in [5.74, 6) is -1.64. The first-order chi connectivity index (χ1) is 12.5. The third-order valence-corrected chi connectivity index (χ3v) is 4.50. The number of nitrogens with zero attached hydrogens (tertiary/aromatic N) is 1. The molecular weight excluding hydrogens is 356 g/mol. The normalized spacial score (nSPS) is 10.1. The van der Waals surface area contributed by atoms with Gasteiger partial charge in [0.25, 0.3) is 5.91 Å². The fraction of sp³-hybridized carbons (Fsp3) is 0.222. The van der Waals surface area contributed by atoms with Crippen LogP contribution in [0.25, 0.3) is 0 Å². The standard InChI is InChI=1S/C18H18N2O5S/c1-4-10-25-18(23)14-11(3)13(17(22)24-5-2)16(26-14)20-15(21)12-6-8-19-9-7-12/h4,6-9H,1,5,10H2,2-3H3,(H,20,21). The topological polar surface area (TPSA) is 94.6 Å². The van der Waals surface area contributed by atoms with Gasteiger partial charge in [0, 0.05) is 18.0 Å². The van der Waals surface area contributed by atoms with Crippen molar-refractivity contribution in [1.82, 2.24) is 4.98 Å². The summed E-state index contributed by atoms with van der Waals surface area (Å²) in [5.41, 5.74) is 0.911. The Labute approximate surface area is 154 Å². The second-order valence-electron chi connectivity index (χ2n) is 5.06. The van der Waals surface area contributed by atoms with E-state index in [0.29, 0.717) is 11.1 Å². The zero-order valence-corrected chi connectivity index (χ0v) is 15.2. The number of carbonyl (C=O) groups excluding carboxylic acids is 3. The molecule has 0 saturated carbocycles. The summed E-state index contributed by atoms with van der Waals surface area (Å²) in [6.07, 6.45) is 4.41. The van der Waals surface area contributed by atoms with Crippen molar-refractivity contribution in [3.63, 3.8) is 0 Å². The van der Waals surface area contributed by atoms with Crippen molar-refractivity contribution in [1.29, 1.82) is 0 Å². The number of hydrogen-bond donors (Lipinski definition) is 1. The molecule has 1 N–H and O–H groups in total. The molecule has 2 aromatic rings. The molecule has 7 nitrogen and oxygen atoms in total. The van der Waals surface area contributed by atoms with Gasteiger partial charge < -0.3 is 14.8 Å². The predicted molar refractivity (Wildman–Crippen MR) is 97.7 cm³/mol. The van der Waals surface area contributed by atoms with Crippen LogP contribution >= 0.6 is 11.3 Å². The predicted octanol–water partition coefficient (Wildman–Crippen LogP) is 3.22. The van der Waals surface area contributed by atoms with Crippen LogP contribution < -0.4 is 5.32 Å². The van der Waals surface area contributed by atoms with Gasteiger partial charge in [-0.3, -0.25) is 9.78 Å². The Hall–Kier alpha value is -3.00. The third-order valence-electron chi connectivity index (χ3n) is 3.31. The van der Waals surface area contributed by atoms with Gasteiger partial charge in [-0.2, -0.15) is 0 Å². The Balaban J connectivity index is 2.39. The molecule has 0 aliphatic carbocycles. The lowest BCUT2D eigenvalue weighted by atomic mass is 10.1. The van der Waals surface area contributed by atoms with Crippen LogP contribution in [-0.4, -0.2) is 36.0 Å². The van der Waals surface area contributed by atoms with Gasteiger partial charge in [0.2, 0.25) is 0 Å². The summed E-state index contributed by atoms with van der Waals surface area (Å²) < 4.78 is 10.1. The van der Waals surface area contributed by atoms with E-state index >= 15 is 0 Å². The molecule has 0 radical (unpaired) electrons. The molecule has 2 rings (SSSR count). The quantitative estimate of drug-likeness (QED) is 0.591. The second-order valence-corrected chi connectivity index (χ2v) is 6.08. The minimum atomic E-state index is -0.617. The summed E-state index contributed by atoms with van der Waals surface area (Å²) in [7, 11) is 0. The molecule has 2 heterocycles. The van der Waals surface area contributed by atoms with Gasteiger partial charge in [-0.15, -0.1) is 11.3 Å². The highest BCUT2D eigenvalue weighted by Crippen LogP contribution is 2.34. The van der Waals surface area contributed by atoms with Crippen LogP contribution in [0.15, 0.2) is 37.2 Å². The van der Waals surface area contributed by atoms with Gasteiger partial charge in [0.15, 0.2) is 0 Å². The lowest BCUT2D eigenvalue weighted by Gasteiger charge is -2.07. The molecule has 0 aliphatic heterocycles. The maximum absolute atomic E-state index is 12.4. The first-order valence-corrected chi connectivity index (χ1v) is 8.61. The van der Waals surface area contributed by atoms with E-state index in [2.05, 4.69) is 16.9 Å². The fourth-order valence-corrected chi connectivity index (χ4v) is 3.21. The lowest BCUT2D eigenvalue weighted by molar-refractivity contribution is 0.0527. The van der Waals surface area contributed by atoms with Crippen molar-refractivity contribution in [2.24, 2.45) is 0 Å². The molecule has 8 heteroatoms. The number of pyridine rings is 1. The van der Waals surface area contributed by atoms with Crippen LogP contribution in [0.3, 0.4) is 0 Å². The molecule has 0 bridgehead atoms. The van der Waals surface area contributed by atoms with Gasteiger partial charge in [-0.05, 0) is 31.5 Å². The summed E-state index contributed by atoms with van der Waals surface area (Å²) in [4.78, 5) is 41.0. The summed E-state index contributed by atoms with van der Waals surface area (Å²) in [6, 6.07) is 3.08. The van der Waals surface area contributed by atoms with Gasteiger partial charge in [0.1, 0.15) is 16.5 Å². The van der Waals surface area contributed by atoms with Crippen LogP contribution in [0.5, 0.6) is 0 Å². The largest absolute Gasteiger partial charge is 0.462 e. The minimum absolute atomic E-state index is 0.0453. The van der Waals surface area contributed by atoms with E-state index in [4.69, 9.17) is 9.47 Å². The average Bonchev–Trinajstić information content (AvgIpc) is 2.96. The van der Waals surface area contributed by atoms with E-state index in [1.54, 1.807) is 26.0 Å². The summed E-state index contributed by atoms with van der Waals surface area (Å²) in [6.45, 7) is 6.98. The van der Waals surface area contributed by atoms with Crippen molar-refractivity contribution in [2.45, 2.75) is 13.8 Å². The number of amides is 1. The Kier molecular flexibility index (Phi) is 6.62. The van der Waals surface area contributed by atoms with E-state index < -0.39 is 17.8 Å². The van der Waals surface area contributed by atoms with Crippen LogP contribution in [0.4, 0.5) is 5.00 Å². The number of thiophene rings is 1. The van der Waals surface area contributed by atoms with Gasteiger partial charge in [-0.1, -0.05) is 12.7 Å². The Morgan fingerprint density at radius 2 is 1.92 bits per heavy atom. The molecule has 0 spiro atoms. The van der Waals surface area contributed by atoms with Gasteiger partial charge in [0.05, 0.1) is 12.2 Å². The van der Waals surface area contributed by atoms with Gasteiger partial charge >= 0.3 is 11.9 Å². The maximum Gasteiger partial charge on any atom is 0.348 e. The Morgan fingerprint density at radius 1 is 1.23 bits per heavy atom. The Bertz CT molecular complexity index is 830. The number of anilines is 1. The maximum atomic E-state index is 12.4. The summed E-state index contributed by atoms with van der Waals surface area (Å²) in [5, 5.41) is 2.89. The highest BCUT2D eigenvalue weighted by molar-refractivity contribution is 7.18. The lowest BCUT2D eigenvalue weighted by Crippen LogP contribution is -2.15. The number of nitrogens with one attached hydrogen (secondary N) is 1. The van der Waals surface area contributed by atoms with Crippen LogP contribution in [0, 0.1) is 6.92 Å². The smallest absolute Gasteiger partial charge is 0.348 e. The number of carbonyl (C=O) groups is 3. The molecular formula is C18H18N2O5S. The van der Waals surface area contributed by atoms with Crippen LogP contribution in [0.2, 0.25) is 0 Å². The number of hydrogen-bond acceptors (Lipinski definition) is 7. The monoisotopic (exact) mass is 374 g/mol. The average molecular weight is 374 g/mol. The fourth-order valence-electron chi connectivity index (χ4n) is 2.12. The van der Waals surface area contributed by atoms with Crippen molar-refractivity contribution < 1.29 is 23.9 Å². The van der Waals surface area contributed by atoms with Crippen molar-refractivity contribution in [3.8, 4) is 0 Å². The molecule has 0 aliphatic rings. The first kappa shape index (κ1) is 19.3. The molecule has 0 aromatic carbocycles. The number of ether oxygens (including phenoxy) is 2. The molecule has 0 unspecified atom stereocenters. The summed E-state index contributed by atoms with van der Waals surface area (Å²) >= 11 is 0.965. The molecule has 0 fully saturated rings. The molecule has 1 amide bonds.